The highest BCUT2D eigenvalue weighted by molar-refractivity contribution is 5.98. The van der Waals surface area contributed by atoms with Gasteiger partial charge in [0.05, 0.1) is 18.7 Å². The molecule has 4 nitrogen and oxygen atoms in total. The van der Waals surface area contributed by atoms with Crippen LogP contribution >= 0.6 is 0 Å². The Bertz CT molecular complexity index is 504. The number of ketones is 1. The summed E-state index contributed by atoms with van der Waals surface area (Å²) in [5.74, 6) is -2.34. The van der Waals surface area contributed by atoms with Crippen LogP contribution in [-0.2, 0) is 4.79 Å². The average molecular weight is 284 g/mol. The second-order valence-electron chi connectivity index (χ2n) is 4.94. The summed E-state index contributed by atoms with van der Waals surface area (Å²) in [5, 5.41) is 2.69. The van der Waals surface area contributed by atoms with Gasteiger partial charge in [-0.15, -0.1) is 0 Å². The zero-order chi connectivity index (χ0) is 15.3. The summed E-state index contributed by atoms with van der Waals surface area (Å²) in [6.07, 6.45) is 0. The number of likely N-dealkylation sites (N-methyl/N-ethyl adjacent to an activating group) is 1. The summed E-state index contributed by atoms with van der Waals surface area (Å²) in [5.41, 5.74) is -0.178. The van der Waals surface area contributed by atoms with Crippen molar-refractivity contribution in [1.29, 1.82) is 0 Å². The van der Waals surface area contributed by atoms with Gasteiger partial charge in [-0.05, 0) is 33.0 Å². The van der Waals surface area contributed by atoms with Crippen LogP contribution in [-0.4, -0.2) is 42.8 Å². The van der Waals surface area contributed by atoms with Crippen LogP contribution in [0.1, 0.15) is 24.2 Å². The van der Waals surface area contributed by atoms with Crippen molar-refractivity contribution >= 4 is 11.7 Å². The molecule has 0 unspecified atom stereocenters. The van der Waals surface area contributed by atoms with Gasteiger partial charge in [-0.3, -0.25) is 14.5 Å². The number of rotatable bonds is 6. The Labute approximate surface area is 116 Å². The molecule has 0 aliphatic heterocycles. The van der Waals surface area contributed by atoms with Gasteiger partial charge in [0, 0.05) is 12.1 Å². The van der Waals surface area contributed by atoms with Crippen molar-refractivity contribution in [2.75, 3.05) is 20.1 Å². The summed E-state index contributed by atoms with van der Waals surface area (Å²) in [7, 11) is 1.58. The third-order valence-electron chi connectivity index (χ3n) is 2.51. The van der Waals surface area contributed by atoms with Gasteiger partial charge in [-0.2, -0.15) is 0 Å². The first-order valence-corrected chi connectivity index (χ1v) is 6.25. The number of carbonyl (C=O) groups excluding carboxylic acids is 2. The number of carbonyl (C=O) groups is 2. The van der Waals surface area contributed by atoms with E-state index < -0.39 is 17.4 Å². The lowest BCUT2D eigenvalue weighted by atomic mass is 10.1. The molecular formula is C14H18F2N2O2. The number of hydrogen-bond acceptors (Lipinski definition) is 3. The molecule has 0 atom stereocenters. The van der Waals surface area contributed by atoms with Crippen LogP contribution in [0.25, 0.3) is 0 Å². The van der Waals surface area contributed by atoms with Gasteiger partial charge in [0.15, 0.2) is 5.78 Å². The average Bonchev–Trinajstić information content (AvgIpc) is 2.26. The van der Waals surface area contributed by atoms with Gasteiger partial charge in [-0.1, -0.05) is 0 Å². The highest BCUT2D eigenvalue weighted by atomic mass is 19.1. The molecular weight excluding hydrogens is 266 g/mol. The fourth-order valence-electron chi connectivity index (χ4n) is 1.71. The Kier molecular flexibility index (Phi) is 5.76. The molecule has 0 aromatic heterocycles. The normalized spacial score (nSPS) is 10.9. The smallest absolute Gasteiger partial charge is 0.234 e. The number of amides is 1. The van der Waals surface area contributed by atoms with Crippen molar-refractivity contribution in [3.63, 3.8) is 0 Å². The van der Waals surface area contributed by atoms with Crippen molar-refractivity contribution in [1.82, 2.24) is 10.2 Å². The minimum atomic E-state index is -0.893. The molecule has 0 spiro atoms. The van der Waals surface area contributed by atoms with Gasteiger partial charge in [0.1, 0.15) is 11.6 Å². The first-order valence-electron chi connectivity index (χ1n) is 6.25. The fourth-order valence-corrected chi connectivity index (χ4v) is 1.71. The SMILES string of the molecule is CC(C)NC(=O)CN(C)CC(=O)c1ccc(F)cc1F. The third kappa shape index (κ3) is 5.05. The van der Waals surface area contributed by atoms with Gasteiger partial charge >= 0.3 is 0 Å². The first-order chi connectivity index (χ1) is 9.29. The summed E-state index contributed by atoms with van der Waals surface area (Å²) in [6, 6.07) is 2.82. The van der Waals surface area contributed by atoms with E-state index in [4.69, 9.17) is 0 Å². The zero-order valence-corrected chi connectivity index (χ0v) is 11.7. The van der Waals surface area contributed by atoms with E-state index in [-0.39, 0.29) is 30.6 Å². The minimum absolute atomic E-state index is 0.0149. The molecule has 0 heterocycles. The van der Waals surface area contributed by atoms with Crippen LogP contribution in [0.4, 0.5) is 8.78 Å². The summed E-state index contributed by atoms with van der Waals surface area (Å²) < 4.78 is 26.2. The van der Waals surface area contributed by atoms with Crippen LogP contribution in [0.5, 0.6) is 0 Å². The zero-order valence-electron chi connectivity index (χ0n) is 11.7. The van der Waals surface area contributed by atoms with Gasteiger partial charge < -0.3 is 5.32 Å². The highest BCUT2D eigenvalue weighted by Crippen LogP contribution is 2.10. The molecule has 1 aromatic rings. The van der Waals surface area contributed by atoms with E-state index in [0.29, 0.717) is 6.07 Å². The van der Waals surface area contributed by atoms with Crippen molar-refractivity contribution in [2.45, 2.75) is 19.9 Å². The predicted molar refractivity (Wildman–Crippen MR) is 71.5 cm³/mol. The number of hydrogen-bond donors (Lipinski definition) is 1. The second kappa shape index (κ2) is 7.09. The highest BCUT2D eigenvalue weighted by Gasteiger charge is 2.16. The van der Waals surface area contributed by atoms with Crippen molar-refractivity contribution < 1.29 is 18.4 Å². The molecule has 110 valence electrons. The van der Waals surface area contributed by atoms with Crippen molar-refractivity contribution in [3.05, 3.63) is 35.4 Å². The molecule has 0 aliphatic carbocycles. The topological polar surface area (TPSA) is 49.4 Å². The van der Waals surface area contributed by atoms with E-state index in [0.717, 1.165) is 12.1 Å². The summed E-state index contributed by atoms with van der Waals surface area (Å²) >= 11 is 0. The number of Topliss-reactive ketones (excluding diaryl/α,β-unsaturated/α-hetero) is 1. The number of nitrogens with zero attached hydrogens (tertiary/aromatic N) is 1. The van der Waals surface area contributed by atoms with Crippen LogP contribution in [0, 0.1) is 11.6 Å². The van der Waals surface area contributed by atoms with E-state index in [2.05, 4.69) is 5.32 Å². The molecule has 6 heteroatoms. The quantitative estimate of drug-likeness (QED) is 0.807. The lowest BCUT2D eigenvalue weighted by molar-refractivity contribution is -0.122. The van der Waals surface area contributed by atoms with Crippen LogP contribution in [0.3, 0.4) is 0 Å². The molecule has 0 saturated heterocycles. The molecule has 1 rings (SSSR count). The predicted octanol–water partition coefficient (Wildman–Crippen LogP) is 1.60. The van der Waals surface area contributed by atoms with E-state index in [1.165, 1.54) is 4.90 Å². The second-order valence-corrected chi connectivity index (χ2v) is 4.94. The lowest BCUT2D eigenvalue weighted by Gasteiger charge is -2.16. The molecule has 0 saturated carbocycles. The fraction of sp³-hybridized carbons (Fsp3) is 0.429. The summed E-state index contributed by atoms with van der Waals surface area (Å²) in [6.45, 7) is 3.58. The maximum atomic E-state index is 13.4. The number of halogens is 2. The summed E-state index contributed by atoms with van der Waals surface area (Å²) in [4.78, 5) is 24.8. The maximum absolute atomic E-state index is 13.4. The van der Waals surface area contributed by atoms with E-state index in [9.17, 15) is 18.4 Å². The molecule has 20 heavy (non-hydrogen) atoms. The van der Waals surface area contributed by atoms with Gasteiger partial charge in [0.2, 0.25) is 5.91 Å². The van der Waals surface area contributed by atoms with E-state index in [1.54, 1.807) is 7.05 Å². The molecule has 0 aliphatic rings. The molecule has 1 amide bonds. The Hall–Kier alpha value is -1.82. The van der Waals surface area contributed by atoms with Gasteiger partial charge in [0.25, 0.3) is 0 Å². The Balaban J connectivity index is 2.59. The minimum Gasteiger partial charge on any atom is -0.353 e. The van der Waals surface area contributed by atoms with Crippen LogP contribution in [0.2, 0.25) is 0 Å². The standard InChI is InChI=1S/C14H18F2N2O2/c1-9(2)17-14(20)8-18(3)7-13(19)11-5-4-10(15)6-12(11)16/h4-6,9H,7-8H2,1-3H3,(H,17,20). The largest absolute Gasteiger partial charge is 0.353 e. The third-order valence-corrected chi connectivity index (χ3v) is 2.51. The maximum Gasteiger partial charge on any atom is 0.234 e. The first kappa shape index (κ1) is 16.2. The molecule has 0 fully saturated rings. The van der Waals surface area contributed by atoms with Crippen molar-refractivity contribution in [2.24, 2.45) is 0 Å². The Morgan fingerprint density at radius 2 is 1.90 bits per heavy atom. The molecule has 0 radical (unpaired) electrons. The number of benzene rings is 1. The lowest BCUT2D eigenvalue weighted by Crippen LogP contribution is -2.40. The molecule has 1 aromatic carbocycles. The monoisotopic (exact) mass is 284 g/mol. The Morgan fingerprint density at radius 1 is 1.25 bits per heavy atom. The van der Waals surface area contributed by atoms with Gasteiger partial charge in [-0.25, -0.2) is 8.78 Å². The van der Waals surface area contributed by atoms with Crippen LogP contribution < -0.4 is 5.32 Å². The molecule has 1 N–H and O–H groups in total. The van der Waals surface area contributed by atoms with Crippen LogP contribution in [0.15, 0.2) is 18.2 Å². The number of nitrogens with one attached hydrogen (secondary N) is 1. The Morgan fingerprint density at radius 3 is 2.45 bits per heavy atom. The van der Waals surface area contributed by atoms with Crippen molar-refractivity contribution in [3.8, 4) is 0 Å². The van der Waals surface area contributed by atoms with E-state index >= 15 is 0 Å². The van der Waals surface area contributed by atoms with E-state index in [1.807, 2.05) is 13.8 Å². The molecule has 0 bridgehead atoms.